The molecule has 1 aromatic carbocycles. The van der Waals surface area contributed by atoms with E-state index in [4.69, 9.17) is 9.47 Å². The Morgan fingerprint density at radius 3 is 3.00 bits per heavy atom. The van der Waals surface area contributed by atoms with E-state index in [1.165, 1.54) is 19.2 Å². The molecule has 1 atom stereocenters. The summed E-state index contributed by atoms with van der Waals surface area (Å²) in [4.78, 5) is 11.3. The molecule has 2 rings (SSSR count). The van der Waals surface area contributed by atoms with Crippen molar-refractivity contribution < 1.29 is 18.7 Å². The molecule has 1 aliphatic rings. The molecule has 0 aliphatic carbocycles. The number of Topliss-reactive ketones (excluding diaryl/α,β-unsaturated/α-hetero) is 1. The van der Waals surface area contributed by atoms with Gasteiger partial charge in [-0.1, -0.05) is 0 Å². The lowest BCUT2D eigenvalue weighted by atomic mass is 9.99. The molecule has 0 radical (unpaired) electrons. The summed E-state index contributed by atoms with van der Waals surface area (Å²) >= 11 is 0. The molecule has 0 spiro atoms. The average Bonchev–Trinajstić information content (AvgIpc) is 2.28. The Balaban J connectivity index is 2.28. The number of ketones is 1. The molecule has 0 bridgehead atoms. The summed E-state index contributed by atoms with van der Waals surface area (Å²) < 4.78 is 23.6. The normalized spacial score (nSPS) is 20.9. The predicted molar refractivity (Wildman–Crippen MR) is 55.9 cm³/mol. The van der Waals surface area contributed by atoms with Gasteiger partial charge in [-0.25, -0.2) is 4.39 Å². The molecule has 0 aromatic heterocycles. The molecule has 4 heteroatoms. The standard InChI is InChI=1S/C12H13FO3/c1-15-11-6-8(13)2-3-10(11)12-7-9(14)4-5-16-12/h2-3,6,12H,4-5,7H2,1H3. The van der Waals surface area contributed by atoms with Crippen molar-refractivity contribution in [3.8, 4) is 5.75 Å². The Hall–Kier alpha value is -1.42. The van der Waals surface area contributed by atoms with Crippen LogP contribution in [0.15, 0.2) is 18.2 Å². The van der Waals surface area contributed by atoms with Gasteiger partial charge in [-0.2, -0.15) is 0 Å². The fraction of sp³-hybridized carbons (Fsp3) is 0.417. The van der Waals surface area contributed by atoms with Crippen molar-refractivity contribution in [2.75, 3.05) is 13.7 Å². The van der Waals surface area contributed by atoms with Gasteiger partial charge in [0.2, 0.25) is 0 Å². The molecule has 0 saturated carbocycles. The van der Waals surface area contributed by atoms with Crippen molar-refractivity contribution in [1.29, 1.82) is 0 Å². The number of halogens is 1. The largest absolute Gasteiger partial charge is 0.496 e. The van der Waals surface area contributed by atoms with Gasteiger partial charge >= 0.3 is 0 Å². The van der Waals surface area contributed by atoms with Crippen LogP contribution >= 0.6 is 0 Å². The van der Waals surface area contributed by atoms with Crippen LogP contribution < -0.4 is 4.74 Å². The van der Waals surface area contributed by atoms with E-state index < -0.39 is 0 Å². The zero-order valence-corrected chi connectivity index (χ0v) is 9.03. The number of hydrogen-bond donors (Lipinski definition) is 0. The zero-order valence-electron chi connectivity index (χ0n) is 9.03. The average molecular weight is 224 g/mol. The Kier molecular flexibility index (Phi) is 3.19. The van der Waals surface area contributed by atoms with Gasteiger partial charge < -0.3 is 9.47 Å². The number of carbonyl (C=O) groups excluding carboxylic acids is 1. The van der Waals surface area contributed by atoms with Crippen LogP contribution in [0.1, 0.15) is 24.5 Å². The number of benzene rings is 1. The third kappa shape index (κ3) is 2.22. The molecule has 1 aromatic rings. The molecule has 1 heterocycles. The van der Waals surface area contributed by atoms with Crippen LogP contribution in [0, 0.1) is 5.82 Å². The van der Waals surface area contributed by atoms with Crippen molar-refractivity contribution >= 4 is 5.78 Å². The fourth-order valence-electron chi connectivity index (χ4n) is 1.83. The van der Waals surface area contributed by atoms with Gasteiger partial charge in [-0.15, -0.1) is 0 Å². The second-order valence-electron chi connectivity index (χ2n) is 3.74. The van der Waals surface area contributed by atoms with Crippen molar-refractivity contribution in [2.45, 2.75) is 18.9 Å². The SMILES string of the molecule is COc1cc(F)ccc1C1CC(=O)CCO1. The van der Waals surface area contributed by atoms with E-state index in [0.717, 1.165) is 5.56 Å². The minimum atomic E-state index is -0.359. The van der Waals surface area contributed by atoms with Gasteiger partial charge in [0.1, 0.15) is 17.3 Å². The van der Waals surface area contributed by atoms with E-state index in [9.17, 15) is 9.18 Å². The Labute approximate surface area is 93.2 Å². The van der Waals surface area contributed by atoms with Crippen LogP contribution in [-0.4, -0.2) is 19.5 Å². The van der Waals surface area contributed by atoms with Crippen LogP contribution in [-0.2, 0) is 9.53 Å². The minimum Gasteiger partial charge on any atom is -0.496 e. The molecule has 3 nitrogen and oxygen atoms in total. The number of methoxy groups -OCH3 is 1. The van der Waals surface area contributed by atoms with Crippen molar-refractivity contribution in [2.24, 2.45) is 0 Å². The van der Waals surface area contributed by atoms with E-state index in [1.807, 2.05) is 0 Å². The first-order chi connectivity index (χ1) is 7.70. The van der Waals surface area contributed by atoms with Gasteiger partial charge in [0.05, 0.1) is 19.8 Å². The van der Waals surface area contributed by atoms with E-state index in [1.54, 1.807) is 6.07 Å². The lowest BCUT2D eigenvalue weighted by molar-refractivity contribution is -0.128. The Morgan fingerprint density at radius 2 is 2.31 bits per heavy atom. The molecule has 0 N–H and O–H groups in total. The molecular weight excluding hydrogens is 211 g/mol. The van der Waals surface area contributed by atoms with Crippen molar-refractivity contribution in [3.63, 3.8) is 0 Å². The maximum absolute atomic E-state index is 13.0. The molecule has 0 amide bonds. The highest BCUT2D eigenvalue weighted by atomic mass is 19.1. The molecule has 1 aliphatic heterocycles. The van der Waals surface area contributed by atoms with E-state index in [-0.39, 0.29) is 17.7 Å². The number of carbonyl (C=O) groups is 1. The third-order valence-electron chi connectivity index (χ3n) is 2.66. The highest BCUT2D eigenvalue weighted by molar-refractivity contribution is 5.79. The van der Waals surface area contributed by atoms with Gasteiger partial charge in [0.15, 0.2) is 0 Å². The van der Waals surface area contributed by atoms with Crippen LogP contribution in [0.25, 0.3) is 0 Å². The predicted octanol–water partition coefficient (Wildman–Crippen LogP) is 2.25. The summed E-state index contributed by atoms with van der Waals surface area (Å²) in [6, 6.07) is 4.26. The monoisotopic (exact) mass is 224 g/mol. The lowest BCUT2D eigenvalue weighted by Gasteiger charge is -2.23. The van der Waals surface area contributed by atoms with Crippen LogP contribution in [0.5, 0.6) is 5.75 Å². The third-order valence-corrected chi connectivity index (χ3v) is 2.66. The van der Waals surface area contributed by atoms with Gasteiger partial charge in [-0.05, 0) is 12.1 Å². The maximum Gasteiger partial charge on any atom is 0.138 e. The molecule has 1 saturated heterocycles. The van der Waals surface area contributed by atoms with E-state index in [0.29, 0.717) is 25.2 Å². The topological polar surface area (TPSA) is 35.5 Å². The molecular formula is C12H13FO3. The highest BCUT2D eigenvalue weighted by Gasteiger charge is 2.24. The van der Waals surface area contributed by atoms with Crippen LogP contribution in [0.3, 0.4) is 0 Å². The Morgan fingerprint density at radius 1 is 1.50 bits per heavy atom. The number of hydrogen-bond acceptors (Lipinski definition) is 3. The zero-order chi connectivity index (χ0) is 11.5. The summed E-state index contributed by atoms with van der Waals surface area (Å²) in [5.41, 5.74) is 0.733. The second kappa shape index (κ2) is 4.61. The first kappa shape index (κ1) is 11.1. The fourth-order valence-corrected chi connectivity index (χ4v) is 1.83. The summed E-state index contributed by atoms with van der Waals surface area (Å²) in [6.45, 7) is 0.421. The molecule has 86 valence electrons. The summed E-state index contributed by atoms with van der Waals surface area (Å²) in [5, 5.41) is 0. The minimum absolute atomic E-state index is 0.169. The first-order valence-corrected chi connectivity index (χ1v) is 5.17. The number of rotatable bonds is 2. The van der Waals surface area contributed by atoms with Gasteiger partial charge in [0.25, 0.3) is 0 Å². The van der Waals surface area contributed by atoms with E-state index >= 15 is 0 Å². The van der Waals surface area contributed by atoms with Crippen LogP contribution in [0.2, 0.25) is 0 Å². The molecule has 1 fully saturated rings. The van der Waals surface area contributed by atoms with Gasteiger partial charge in [0, 0.05) is 24.5 Å². The van der Waals surface area contributed by atoms with E-state index in [2.05, 4.69) is 0 Å². The molecule has 16 heavy (non-hydrogen) atoms. The first-order valence-electron chi connectivity index (χ1n) is 5.17. The van der Waals surface area contributed by atoms with Crippen LogP contribution in [0.4, 0.5) is 4.39 Å². The quantitative estimate of drug-likeness (QED) is 0.773. The summed E-state index contributed by atoms with van der Waals surface area (Å²) in [6.07, 6.45) is 0.485. The van der Waals surface area contributed by atoms with Crippen molar-refractivity contribution in [3.05, 3.63) is 29.6 Å². The highest BCUT2D eigenvalue weighted by Crippen LogP contribution is 2.33. The smallest absolute Gasteiger partial charge is 0.138 e. The summed E-state index contributed by atoms with van der Waals surface area (Å²) in [7, 11) is 1.48. The summed E-state index contributed by atoms with van der Waals surface area (Å²) in [5.74, 6) is 0.241. The Bertz CT molecular complexity index is 403. The van der Waals surface area contributed by atoms with Gasteiger partial charge in [-0.3, -0.25) is 4.79 Å². The maximum atomic E-state index is 13.0. The van der Waals surface area contributed by atoms with Crippen molar-refractivity contribution in [1.82, 2.24) is 0 Å². The lowest BCUT2D eigenvalue weighted by Crippen LogP contribution is -2.19. The second-order valence-corrected chi connectivity index (χ2v) is 3.74. The number of ether oxygens (including phenoxy) is 2. The molecule has 1 unspecified atom stereocenters.